The van der Waals surface area contributed by atoms with Gasteiger partial charge in [-0.15, -0.1) is 20.4 Å². The Morgan fingerprint density at radius 1 is 0.548 bits per heavy atom. The van der Waals surface area contributed by atoms with Crippen LogP contribution in [0.1, 0.15) is 74.5 Å². The predicted molar refractivity (Wildman–Crippen MR) is 165 cm³/mol. The van der Waals surface area contributed by atoms with Gasteiger partial charge in [-0.3, -0.25) is 8.80 Å². The molecule has 2 atom stereocenters. The van der Waals surface area contributed by atoms with Gasteiger partial charge in [0, 0.05) is 43.8 Å². The highest BCUT2D eigenvalue weighted by Gasteiger charge is 2.25. The van der Waals surface area contributed by atoms with E-state index in [-0.39, 0.29) is 11.8 Å². The molecule has 6 aromatic rings. The smallest absolute Gasteiger partial charge is 0.160 e. The third-order valence-electron chi connectivity index (χ3n) is 7.07. The molecular formula is C32H32N6O2S2. The van der Waals surface area contributed by atoms with Gasteiger partial charge in [-0.25, -0.2) is 0 Å². The molecule has 2 unspecified atom stereocenters. The van der Waals surface area contributed by atoms with Gasteiger partial charge in [-0.2, -0.15) is 0 Å². The standard InChI is InChI=1S/C32H32N6O2S2/c1-19(2)31-35-33-27-15-13-21(17-37(27)31)41-25-11-7-5-9-23(25)29(39)30(40)24-10-6-8-12-26(24)42-22-14-16-28-34-36-32(20(3)4)38(28)18-22/h5-20,29-30,39-40H,1-4H3. The molecular weight excluding hydrogens is 565 g/mol. The molecule has 8 nitrogen and oxygen atoms in total. The van der Waals surface area contributed by atoms with Gasteiger partial charge in [0.25, 0.3) is 0 Å². The Bertz CT molecular complexity index is 1730. The van der Waals surface area contributed by atoms with Crippen LogP contribution in [0, 0.1) is 0 Å². The van der Waals surface area contributed by atoms with E-state index in [0.29, 0.717) is 11.1 Å². The maximum absolute atomic E-state index is 11.5. The van der Waals surface area contributed by atoms with E-state index in [1.54, 1.807) is 0 Å². The van der Waals surface area contributed by atoms with E-state index in [1.165, 1.54) is 23.5 Å². The Hall–Kier alpha value is -3.70. The molecule has 0 aliphatic rings. The summed E-state index contributed by atoms with van der Waals surface area (Å²) in [6, 6.07) is 23.2. The average molecular weight is 597 g/mol. The summed E-state index contributed by atoms with van der Waals surface area (Å²) in [4.78, 5) is 3.71. The number of pyridine rings is 2. The van der Waals surface area contributed by atoms with Crippen molar-refractivity contribution in [2.24, 2.45) is 0 Å². The van der Waals surface area contributed by atoms with Crippen LogP contribution in [0.15, 0.2) is 105 Å². The molecule has 0 spiro atoms. The van der Waals surface area contributed by atoms with Gasteiger partial charge in [0.2, 0.25) is 0 Å². The lowest BCUT2D eigenvalue weighted by Crippen LogP contribution is -2.12. The van der Waals surface area contributed by atoms with Crippen LogP contribution >= 0.6 is 23.5 Å². The Kier molecular flexibility index (Phi) is 8.04. The summed E-state index contributed by atoms with van der Waals surface area (Å²) in [5.41, 5.74) is 2.92. The Labute approximate surface area is 252 Å². The molecule has 0 saturated carbocycles. The molecule has 0 bridgehead atoms. The van der Waals surface area contributed by atoms with Crippen molar-refractivity contribution < 1.29 is 10.2 Å². The highest BCUT2D eigenvalue weighted by molar-refractivity contribution is 7.99. The zero-order valence-corrected chi connectivity index (χ0v) is 25.4. The van der Waals surface area contributed by atoms with Crippen LogP contribution in [0.3, 0.4) is 0 Å². The fourth-order valence-electron chi connectivity index (χ4n) is 4.92. The van der Waals surface area contributed by atoms with Crippen LogP contribution in [0.5, 0.6) is 0 Å². The summed E-state index contributed by atoms with van der Waals surface area (Å²) in [5, 5.41) is 40.3. The number of aliphatic hydroxyl groups excluding tert-OH is 2. The number of nitrogens with zero attached hydrogens (tertiary/aromatic N) is 6. The number of fused-ring (bicyclic) bond motifs is 2. The van der Waals surface area contributed by atoms with Gasteiger partial charge in [0.05, 0.1) is 0 Å². The number of hydrogen-bond donors (Lipinski definition) is 2. The number of aliphatic hydroxyl groups is 2. The second kappa shape index (κ2) is 11.9. The van der Waals surface area contributed by atoms with Gasteiger partial charge < -0.3 is 10.2 Å². The normalized spacial score (nSPS) is 13.4. The zero-order chi connectivity index (χ0) is 29.4. The molecule has 0 saturated heterocycles. The summed E-state index contributed by atoms with van der Waals surface area (Å²) in [6.07, 6.45) is 1.79. The van der Waals surface area contributed by atoms with E-state index >= 15 is 0 Å². The predicted octanol–water partition coefficient (Wildman–Crippen LogP) is 7.09. The first-order valence-corrected chi connectivity index (χ1v) is 15.5. The van der Waals surface area contributed by atoms with Crippen LogP contribution in [0.25, 0.3) is 11.3 Å². The van der Waals surface area contributed by atoms with Crippen molar-refractivity contribution in [3.63, 3.8) is 0 Å². The van der Waals surface area contributed by atoms with E-state index in [0.717, 1.165) is 42.5 Å². The Morgan fingerprint density at radius 2 is 0.952 bits per heavy atom. The molecule has 0 amide bonds. The lowest BCUT2D eigenvalue weighted by molar-refractivity contribution is 0.0141. The van der Waals surface area contributed by atoms with Crippen molar-refractivity contribution in [2.75, 3.05) is 0 Å². The average Bonchev–Trinajstić information content (AvgIpc) is 3.61. The third-order valence-corrected chi connectivity index (χ3v) is 9.20. The molecule has 0 aliphatic carbocycles. The first kappa shape index (κ1) is 28.4. The minimum Gasteiger partial charge on any atom is -0.385 e. The van der Waals surface area contributed by atoms with Gasteiger partial charge in [0.1, 0.15) is 23.9 Å². The van der Waals surface area contributed by atoms with Gasteiger partial charge in [-0.05, 0) is 47.5 Å². The third kappa shape index (κ3) is 5.55. The van der Waals surface area contributed by atoms with Crippen LogP contribution in [-0.4, -0.2) is 39.4 Å². The number of aromatic nitrogens is 6. The summed E-state index contributed by atoms with van der Waals surface area (Å²) >= 11 is 3.08. The Morgan fingerprint density at radius 3 is 1.36 bits per heavy atom. The number of benzene rings is 2. The first-order chi connectivity index (χ1) is 20.3. The van der Waals surface area contributed by atoms with Crippen LogP contribution in [0.4, 0.5) is 0 Å². The van der Waals surface area contributed by atoms with Gasteiger partial charge in [-0.1, -0.05) is 87.6 Å². The molecule has 214 valence electrons. The van der Waals surface area contributed by atoms with E-state index in [4.69, 9.17) is 0 Å². The largest absolute Gasteiger partial charge is 0.385 e. The van der Waals surface area contributed by atoms with Crippen molar-refractivity contribution in [3.8, 4) is 0 Å². The molecule has 2 N–H and O–H groups in total. The lowest BCUT2D eigenvalue weighted by Gasteiger charge is -2.23. The van der Waals surface area contributed by atoms with Crippen molar-refractivity contribution in [1.29, 1.82) is 0 Å². The second-order valence-corrected chi connectivity index (χ2v) is 13.0. The van der Waals surface area contributed by atoms with Crippen molar-refractivity contribution >= 4 is 34.8 Å². The quantitative estimate of drug-likeness (QED) is 0.183. The van der Waals surface area contributed by atoms with Crippen molar-refractivity contribution in [2.45, 2.75) is 71.3 Å². The number of hydrogen-bond acceptors (Lipinski definition) is 8. The molecule has 10 heteroatoms. The Balaban J connectivity index is 1.28. The molecule has 2 aromatic carbocycles. The molecule has 4 aromatic heterocycles. The van der Waals surface area contributed by atoms with Crippen LogP contribution in [-0.2, 0) is 0 Å². The summed E-state index contributed by atoms with van der Waals surface area (Å²) in [6.45, 7) is 8.37. The molecule has 0 radical (unpaired) electrons. The van der Waals surface area contributed by atoms with E-state index in [2.05, 4.69) is 48.1 Å². The van der Waals surface area contributed by atoms with E-state index in [9.17, 15) is 10.2 Å². The highest BCUT2D eigenvalue weighted by Crippen LogP contribution is 2.41. The molecule has 4 heterocycles. The maximum atomic E-state index is 11.5. The maximum Gasteiger partial charge on any atom is 0.160 e. The highest BCUT2D eigenvalue weighted by atomic mass is 32.2. The second-order valence-electron chi connectivity index (χ2n) is 10.8. The minimum atomic E-state index is -1.13. The fraction of sp³-hybridized carbons (Fsp3) is 0.250. The number of rotatable bonds is 9. The van der Waals surface area contributed by atoms with Crippen LogP contribution in [0.2, 0.25) is 0 Å². The van der Waals surface area contributed by atoms with E-state index in [1.807, 2.05) is 94.0 Å². The molecule has 6 rings (SSSR count). The van der Waals surface area contributed by atoms with Gasteiger partial charge >= 0.3 is 0 Å². The van der Waals surface area contributed by atoms with E-state index < -0.39 is 12.2 Å². The molecule has 0 fully saturated rings. The van der Waals surface area contributed by atoms with Crippen molar-refractivity contribution in [3.05, 3.63) is 108 Å². The summed E-state index contributed by atoms with van der Waals surface area (Å²) in [7, 11) is 0. The van der Waals surface area contributed by atoms with Crippen molar-refractivity contribution in [1.82, 2.24) is 29.2 Å². The zero-order valence-electron chi connectivity index (χ0n) is 23.8. The molecule has 42 heavy (non-hydrogen) atoms. The first-order valence-electron chi connectivity index (χ1n) is 13.9. The topological polar surface area (TPSA) is 101 Å². The summed E-state index contributed by atoms with van der Waals surface area (Å²) in [5.74, 6) is 2.26. The SMILES string of the molecule is CC(C)c1nnc2ccc(Sc3ccccc3C(O)C(O)c3ccccc3Sc3ccc4nnc(C(C)C)n4c3)cn12. The fourth-order valence-corrected chi connectivity index (χ4v) is 6.92. The van der Waals surface area contributed by atoms with Crippen LogP contribution < -0.4 is 0 Å². The molecule has 0 aliphatic heterocycles. The minimum absolute atomic E-state index is 0.234. The van der Waals surface area contributed by atoms with Gasteiger partial charge in [0.15, 0.2) is 11.3 Å². The monoisotopic (exact) mass is 596 g/mol. The lowest BCUT2D eigenvalue weighted by atomic mass is 9.98. The summed E-state index contributed by atoms with van der Waals surface area (Å²) < 4.78 is 4.02.